The van der Waals surface area contributed by atoms with Gasteiger partial charge in [-0.1, -0.05) is 16.8 Å². The predicted molar refractivity (Wildman–Crippen MR) is 81.2 cm³/mol. The Balaban J connectivity index is 2.22. The summed E-state index contributed by atoms with van der Waals surface area (Å²) in [6.45, 7) is 0. The third-order valence-electron chi connectivity index (χ3n) is 2.97. The van der Waals surface area contributed by atoms with Gasteiger partial charge in [0.05, 0.1) is 17.7 Å². The van der Waals surface area contributed by atoms with Crippen LogP contribution in [0.5, 0.6) is 5.75 Å². The first-order chi connectivity index (χ1) is 10.1. The topological polar surface area (TPSA) is 61.3 Å². The zero-order valence-electron chi connectivity index (χ0n) is 10.9. The summed E-state index contributed by atoms with van der Waals surface area (Å²) >= 11 is 7.53. The van der Waals surface area contributed by atoms with E-state index in [-0.39, 0.29) is 10.8 Å². The Morgan fingerprint density at radius 3 is 2.90 bits per heavy atom. The lowest BCUT2D eigenvalue weighted by atomic mass is 10.0. The zero-order chi connectivity index (χ0) is 15.0. The highest BCUT2D eigenvalue weighted by molar-refractivity contribution is 7.14. The Morgan fingerprint density at radius 1 is 1.38 bits per heavy atom. The monoisotopic (exact) mass is 324 g/mol. The molecule has 0 amide bonds. The number of rotatable bonds is 3. The molecule has 0 fully saturated rings. The Labute approximate surface area is 128 Å². The fraction of sp³-hybridized carbons (Fsp3) is 0.0714. The minimum absolute atomic E-state index is 0.189. The van der Waals surface area contributed by atoms with Gasteiger partial charge in [0.25, 0.3) is 0 Å². The van der Waals surface area contributed by atoms with Crippen LogP contribution in [-0.2, 0) is 0 Å². The second kappa shape index (κ2) is 5.38. The number of hydrogen-bond acceptors (Lipinski definition) is 5. The van der Waals surface area contributed by atoms with E-state index in [4.69, 9.17) is 26.6 Å². The van der Waals surface area contributed by atoms with Gasteiger partial charge < -0.3 is 15.0 Å². The second-order valence-corrected chi connectivity index (χ2v) is 5.54. The van der Waals surface area contributed by atoms with Crippen LogP contribution in [0.3, 0.4) is 0 Å². The average Bonchev–Trinajstić information content (AvgIpc) is 3.05. The summed E-state index contributed by atoms with van der Waals surface area (Å²) in [5.74, 6) is 0.867. The minimum Gasteiger partial charge on any atom is -0.495 e. The van der Waals surface area contributed by atoms with Crippen molar-refractivity contribution in [1.29, 1.82) is 0 Å². The van der Waals surface area contributed by atoms with E-state index in [9.17, 15) is 4.39 Å². The molecule has 3 rings (SSSR count). The number of hydrogen-bond donors (Lipinski definition) is 1. The molecule has 7 heteroatoms. The minimum atomic E-state index is -0.422. The largest absolute Gasteiger partial charge is 0.495 e. The molecule has 0 aliphatic rings. The van der Waals surface area contributed by atoms with Crippen molar-refractivity contribution >= 4 is 28.8 Å². The van der Waals surface area contributed by atoms with Crippen molar-refractivity contribution in [2.75, 3.05) is 12.8 Å². The van der Waals surface area contributed by atoms with Gasteiger partial charge in [-0.2, -0.15) is 0 Å². The molecule has 0 radical (unpaired) electrons. The van der Waals surface area contributed by atoms with E-state index in [1.165, 1.54) is 23.5 Å². The number of anilines is 1. The smallest absolute Gasteiger partial charge is 0.190 e. The number of aromatic nitrogens is 1. The third kappa shape index (κ3) is 2.36. The number of nitrogens with zero attached hydrogens (tertiary/aromatic N) is 1. The van der Waals surface area contributed by atoms with Gasteiger partial charge in [0.2, 0.25) is 0 Å². The molecule has 1 aromatic carbocycles. The SMILES string of the molecule is COc1ccsc1-c1onc(N)c1-c1ccc(F)cc1Cl. The molecule has 0 saturated heterocycles. The van der Waals surface area contributed by atoms with Crippen LogP contribution in [0.15, 0.2) is 34.2 Å². The Kier molecular flexibility index (Phi) is 3.57. The van der Waals surface area contributed by atoms with Crippen molar-refractivity contribution in [2.45, 2.75) is 0 Å². The van der Waals surface area contributed by atoms with E-state index in [1.54, 1.807) is 13.2 Å². The van der Waals surface area contributed by atoms with Crippen LogP contribution in [0.25, 0.3) is 21.8 Å². The van der Waals surface area contributed by atoms with Crippen molar-refractivity contribution in [2.24, 2.45) is 0 Å². The van der Waals surface area contributed by atoms with E-state index < -0.39 is 5.82 Å². The van der Waals surface area contributed by atoms with Crippen molar-refractivity contribution in [3.63, 3.8) is 0 Å². The van der Waals surface area contributed by atoms with Gasteiger partial charge >= 0.3 is 0 Å². The van der Waals surface area contributed by atoms with Crippen LogP contribution < -0.4 is 10.5 Å². The fourth-order valence-corrected chi connectivity index (χ4v) is 3.14. The summed E-state index contributed by atoms with van der Waals surface area (Å²) in [5, 5.41) is 5.89. The van der Waals surface area contributed by atoms with E-state index in [0.717, 1.165) is 4.88 Å². The number of nitrogens with two attached hydrogens (primary N) is 1. The highest BCUT2D eigenvalue weighted by Gasteiger charge is 2.23. The lowest BCUT2D eigenvalue weighted by molar-refractivity contribution is 0.409. The molecule has 0 bridgehead atoms. The van der Waals surface area contributed by atoms with E-state index in [2.05, 4.69) is 5.16 Å². The van der Waals surface area contributed by atoms with Crippen LogP contribution in [0, 0.1) is 5.82 Å². The maximum atomic E-state index is 13.2. The van der Waals surface area contributed by atoms with Gasteiger partial charge in [-0.3, -0.25) is 0 Å². The molecule has 0 aliphatic heterocycles. The van der Waals surface area contributed by atoms with E-state index in [1.807, 2.05) is 11.4 Å². The lowest BCUT2D eigenvalue weighted by Crippen LogP contribution is -1.90. The number of thiophene rings is 1. The number of ether oxygens (including phenoxy) is 1. The number of methoxy groups -OCH3 is 1. The van der Waals surface area contributed by atoms with Crippen LogP contribution in [-0.4, -0.2) is 12.3 Å². The van der Waals surface area contributed by atoms with E-state index in [0.29, 0.717) is 22.6 Å². The summed E-state index contributed by atoms with van der Waals surface area (Å²) in [6.07, 6.45) is 0. The van der Waals surface area contributed by atoms with Crippen molar-refractivity contribution in [3.05, 3.63) is 40.5 Å². The molecular weight excluding hydrogens is 315 g/mol. The maximum absolute atomic E-state index is 13.2. The molecule has 4 nitrogen and oxygen atoms in total. The van der Waals surface area contributed by atoms with Crippen LogP contribution in [0.1, 0.15) is 0 Å². The quantitative estimate of drug-likeness (QED) is 0.773. The fourth-order valence-electron chi connectivity index (χ4n) is 2.03. The third-order valence-corrected chi connectivity index (χ3v) is 4.18. The van der Waals surface area contributed by atoms with Gasteiger partial charge in [0, 0.05) is 5.56 Å². The van der Waals surface area contributed by atoms with Gasteiger partial charge in [0.1, 0.15) is 16.4 Å². The Hall–Kier alpha value is -2.05. The highest BCUT2D eigenvalue weighted by atomic mass is 35.5. The summed E-state index contributed by atoms with van der Waals surface area (Å²) in [6, 6.07) is 5.89. The summed E-state index contributed by atoms with van der Waals surface area (Å²) in [4.78, 5) is 0.747. The predicted octanol–water partition coefficient (Wildman–Crippen LogP) is 4.45. The molecule has 0 unspecified atom stereocenters. The molecule has 2 aromatic heterocycles. The first kappa shape index (κ1) is 13.9. The zero-order valence-corrected chi connectivity index (χ0v) is 12.5. The van der Waals surface area contributed by atoms with Gasteiger partial charge in [0.15, 0.2) is 11.6 Å². The normalized spacial score (nSPS) is 10.8. The van der Waals surface area contributed by atoms with Crippen LogP contribution >= 0.6 is 22.9 Å². The Morgan fingerprint density at radius 2 is 2.19 bits per heavy atom. The van der Waals surface area contributed by atoms with Crippen LogP contribution in [0.4, 0.5) is 10.2 Å². The standard InChI is InChI=1S/C14H10ClFN2O2S/c1-19-10-4-5-21-13(10)12-11(14(17)18-20-12)8-3-2-7(16)6-9(8)15/h2-6H,1H3,(H2,17,18). The van der Waals surface area contributed by atoms with Gasteiger partial charge in [-0.05, 0) is 29.6 Å². The highest BCUT2D eigenvalue weighted by Crippen LogP contribution is 2.45. The molecular formula is C14H10ClFN2O2S. The number of halogens is 2. The first-order valence-electron chi connectivity index (χ1n) is 5.94. The number of nitrogen functional groups attached to an aromatic ring is 1. The van der Waals surface area contributed by atoms with Crippen molar-refractivity contribution in [3.8, 4) is 27.5 Å². The molecule has 0 saturated carbocycles. The van der Waals surface area contributed by atoms with Crippen molar-refractivity contribution in [1.82, 2.24) is 5.16 Å². The molecule has 21 heavy (non-hydrogen) atoms. The molecule has 108 valence electrons. The van der Waals surface area contributed by atoms with Crippen LogP contribution in [0.2, 0.25) is 5.02 Å². The first-order valence-corrected chi connectivity index (χ1v) is 7.20. The van der Waals surface area contributed by atoms with Gasteiger partial charge in [-0.25, -0.2) is 4.39 Å². The van der Waals surface area contributed by atoms with Gasteiger partial charge in [-0.15, -0.1) is 11.3 Å². The van der Waals surface area contributed by atoms with E-state index >= 15 is 0 Å². The Bertz CT molecular complexity index is 800. The second-order valence-electron chi connectivity index (χ2n) is 4.21. The summed E-state index contributed by atoms with van der Waals surface area (Å²) in [7, 11) is 1.57. The molecule has 0 atom stereocenters. The van der Waals surface area contributed by atoms with Crippen molar-refractivity contribution < 1.29 is 13.7 Å². The molecule has 2 N–H and O–H groups in total. The molecule has 2 heterocycles. The number of benzene rings is 1. The maximum Gasteiger partial charge on any atom is 0.190 e. The summed E-state index contributed by atoms with van der Waals surface area (Å²) in [5.41, 5.74) is 6.97. The molecule has 0 aliphatic carbocycles. The molecule has 0 spiro atoms. The summed E-state index contributed by atoms with van der Waals surface area (Å²) < 4.78 is 23.8. The lowest BCUT2D eigenvalue weighted by Gasteiger charge is -2.05. The molecule has 3 aromatic rings. The average molecular weight is 325 g/mol.